The molecular weight excluding hydrogens is 238 g/mol. The van der Waals surface area contributed by atoms with Gasteiger partial charge in [0.2, 0.25) is 0 Å². The summed E-state index contributed by atoms with van der Waals surface area (Å²) in [5, 5.41) is 3.32. The summed E-state index contributed by atoms with van der Waals surface area (Å²) in [6, 6.07) is 6.33. The Morgan fingerprint density at radius 3 is 3.00 bits per heavy atom. The van der Waals surface area contributed by atoms with Crippen molar-refractivity contribution in [2.75, 3.05) is 33.2 Å². The molecule has 1 aliphatic rings. The molecule has 0 unspecified atom stereocenters. The first kappa shape index (κ1) is 12.6. The Kier molecular flexibility index (Phi) is 3.53. The molecule has 1 fully saturated rings. The molecule has 0 amide bonds. The molecule has 1 aliphatic heterocycles. The van der Waals surface area contributed by atoms with Crippen LogP contribution in [0.5, 0.6) is 0 Å². The van der Waals surface area contributed by atoms with Crippen LogP contribution >= 0.6 is 0 Å². The highest BCUT2D eigenvalue weighted by Gasteiger charge is 2.18. The molecule has 0 radical (unpaired) electrons. The zero-order valence-corrected chi connectivity index (χ0v) is 11.6. The summed E-state index contributed by atoms with van der Waals surface area (Å²) < 4.78 is 5.57. The second-order valence-electron chi connectivity index (χ2n) is 5.57. The van der Waals surface area contributed by atoms with E-state index in [0.717, 1.165) is 35.9 Å². The second kappa shape index (κ2) is 5.31. The number of fused-ring (bicyclic) bond motifs is 1. The van der Waals surface area contributed by atoms with Crippen LogP contribution in [0, 0.1) is 12.8 Å². The Balaban J connectivity index is 1.57. The first-order valence-corrected chi connectivity index (χ1v) is 6.96. The average molecular weight is 259 g/mol. The fourth-order valence-corrected chi connectivity index (χ4v) is 2.57. The van der Waals surface area contributed by atoms with Gasteiger partial charge in [0.1, 0.15) is 5.52 Å². The lowest BCUT2D eigenvalue weighted by Gasteiger charge is -2.31. The number of aryl methyl sites for hydroxylation is 1. The van der Waals surface area contributed by atoms with Gasteiger partial charge in [-0.25, -0.2) is 4.98 Å². The fourth-order valence-electron chi connectivity index (χ4n) is 2.57. The summed E-state index contributed by atoms with van der Waals surface area (Å²) in [6.45, 7) is 6.52. The lowest BCUT2D eigenvalue weighted by Crippen LogP contribution is -2.47. The first-order chi connectivity index (χ1) is 9.20. The molecule has 1 aromatic heterocycles. The van der Waals surface area contributed by atoms with Crippen molar-refractivity contribution in [1.29, 1.82) is 0 Å². The van der Waals surface area contributed by atoms with Crippen LogP contribution in [0.25, 0.3) is 11.1 Å². The van der Waals surface area contributed by atoms with Gasteiger partial charge >= 0.3 is 0 Å². The maximum atomic E-state index is 5.57. The number of rotatable bonds is 5. The van der Waals surface area contributed by atoms with Gasteiger partial charge in [0.25, 0.3) is 0 Å². The summed E-state index contributed by atoms with van der Waals surface area (Å²) in [5.41, 5.74) is 3.18. The topological polar surface area (TPSA) is 41.3 Å². The molecule has 102 valence electrons. The molecule has 4 heteroatoms. The van der Waals surface area contributed by atoms with E-state index < -0.39 is 0 Å². The molecule has 1 aromatic carbocycles. The minimum atomic E-state index is 0.738. The number of hydrogen-bond acceptors (Lipinski definition) is 4. The van der Waals surface area contributed by atoms with Crippen molar-refractivity contribution < 1.29 is 4.42 Å². The van der Waals surface area contributed by atoms with Crippen LogP contribution in [0.2, 0.25) is 0 Å². The highest BCUT2D eigenvalue weighted by Crippen LogP contribution is 2.17. The quantitative estimate of drug-likeness (QED) is 0.889. The van der Waals surface area contributed by atoms with Crippen molar-refractivity contribution in [1.82, 2.24) is 15.2 Å². The SMILES string of the molecule is Cc1nc2ccc(CCN(C)CC3CNC3)cc2o1. The number of aromatic nitrogens is 1. The zero-order valence-electron chi connectivity index (χ0n) is 11.6. The number of oxazole rings is 1. The lowest BCUT2D eigenvalue weighted by atomic mass is 10.0. The Morgan fingerprint density at radius 2 is 2.26 bits per heavy atom. The Bertz CT molecular complexity index is 560. The van der Waals surface area contributed by atoms with Crippen molar-refractivity contribution >= 4 is 11.1 Å². The number of hydrogen-bond donors (Lipinski definition) is 1. The summed E-state index contributed by atoms with van der Waals surface area (Å²) in [6.07, 6.45) is 1.06. The van der Waals surface area contributed by atoms with Gasteiger partial charge in [0.05, 0.1) is 0 Å². The maximum absolute atomic E-state index is 5.57. The minimum absolute atomic E-state index is 0.738. The summed E-state index contributed by atoms with van der Waals surface area (Å²) in [5.74, 6) is 1.58. The third-order valence-corrected chi connectivity index (χ3v) is 3.78. The largest absolute Gasteiger partial charge is 0.441 e. The van der Waals surface area contributed by atoms with Gasteiger partial charge in [-0.1, -0.05) is 6.07 Å². The Hall–Kier alpha value is -1.39. The highest BCUT2D eigenvalue weighted by atomic mass is 16.3. The van der Waals surface area contributed by atoms with Crippen LogP contribution < -0.4 is 5.32 Å². The monoisotopic (exact) mass is 259 g/mol. The van der Waals surface area contributed by atoms with E-state index in [1.54, 1.807) is 0 Å². The fraction of sp³-hybridized carbons (Fsp3) is 0.533. The van der Waals surface area contributed by atoms with Crippen molar-refractivity contribution in [2.24, 2.45) is 5.92 Å². The van der Waals surface area contributed by atoms with Gasteiger partial charge in [0.15, 0.2) is 11.5 Å². The van der Waals surface area contributed by atoms with E-state index >= 15 is 0 Å². The number of benzene rings is 1. The van der Waals surface area contributed by atoms with Gasteiger partial charge in [-0.2, -0.15) is 0 Å². The average Bonchev–Trinajstić information content (AvgIpc) is 2.70. The number of likely N-dealkylation sites (N-methyl/N-ethyl adjacent to an activating group) is 1. The van der Waals surface area contributed by atoms with E-state index in [1.165, 1.54) is 25.2 Å². The predicted molar refractivity (Wildman–Crippen MR) is 76.3 cm³/mol. The van der Waals surface area contributed by atoms with E-state index in [1.807, 2.05) is 6.92 Å². The van der Waals surface area contributed by atoms with Crippen LogP contribution in [-0.2, 0) is 6.42 Å². The predicted octanol–water partition coefficient (Wildman–Crippen LogP) is 1.83. The molecule has 0 saturated carbocycles. The van der Waals surface area contributed by atoms with Crippen molar-refractivity contribution in [3.05, 3.63) is 29.7 Å². The molecule has 2 heterocycles. The summed E-state index contributed by atoms with van der Waals surface area (Å²) >= 11 is 0. The number of nitrogens with one attached hydrogen (secondary N) is 1. The zero-order chi connectivity index (χ0) is 13.2. The molecule has 0 atom stereocenters. The smallest absolute Gasteiger partial charge is 0.192 e. The van der Waals surface area contributed by atoms with Crippen molar-refractivity contribution in [3.63, 3.8) is 0 Å². The van der Waals surface area contributed by atoms with Crippen LogP contribution in [-0.4, -0.2) is 43.1 Å². The molecule has 1 N–H and O–H groups in total. The highest BCUT2D eigenvalue weighted by molar-refractivity contribution is 5.73. The van der Waals surface area contributed by atoms with Crippen LogP contribution in [0.3, 0.4) is 0 Å². The molecule has 1 saturated heterocycles. The third kappa shape index (κ3) is 2.96. The minimum Gasteiger partial charge on any atom is -0.441 e. The van der Waals surface area contributed by atoms with E-state index in [-0.39, 0.29) is 0 Å². The van der Waals surface area contributed by atoms with Gasteiger partial charge in [-0.05, 0) is 37.1 Å². The van der Waals surface area contributed by atoms with Crippen molar-refractivity contribution in [2.45, 2.75) is 13.3 Å². The van der Waals surface area contributed by atoms with Gasteiger partial charge < -0.3 is 14.6 Å². The molecule has 0 aliphatic carbocycles. The maximum Gasteiger partial charge on any atom is 0.192 e. The van der Waals surface area contributed by atoms with Gasteiger partial charge in [0, 0.05) is 33.1 Å². The first-order valence-electron chi connectivity index (χ1n) is 6.96. The van der Waals surface area contributed by atoms with Crippen LogP contribution in [0.1, 0.15) is 11.5 Å². The molecule has 3 rings (SSSR count). The van der Waals surface area contributed by atoms with Gasteiger partial charge in [-0.3, -0.25) is 0 Å². The van der Waals surface area contributed by atoms with Gasteiger partial charge in [-0.15, -0.1) is 0 Å². The van der Waals surface area contributed by atoms with E-state index in [2.05, 4.69) is 40.4 Å². The lowest BCUT2D eigenvalue weighted by molar-refractivity contribution is 0.226. The molecule has 0 spiro atoms. The van der Waals surface area contributed by atoms with Crippen molar-refractivity contribution in [3.8, 4) is 0 Å². The third-order valence-electron chi connectivity index (χ3n) is 3.78. The van der Waals surface area contributed by atoms with Crippen LogP contribution in [0.15, 0.2) is 22.6 Å². The standard InChI is InChI=1S/C15H21N3O/c1-11-17-14-4-3-12(7-15(14)19-11)5-6-18(2)10-13-8-16-9-13/h3-4,7,13,16H,5-6,8-10H2,1-2H3. The summed E-state index contributed by atoms with van der Waals surface area (Å²) in [4.78, 5) is 6.74. The molecular formula is C15H21N3O. The molecule has 4 nitrogen and oxygen atoms in total. The van der Waals surface area contributed by atoms with E-state index in [9.17, 15) is 0 Å². The summed E-state index contributed by atoms with van der Waals surface area (Å²) in [7, 11) is 2.20. The molecule has 19 heavy (non-hydrogen) atoms. The Labute approximate surface area is 113 Å². The Morgan fingerprint density at radius 1 is 1.42 bits per heavy atom. The molecule has 2 aromatic rings. The van der Waals surface area contributed by atoms with Crippen LogP contribution in [0.4, 0.5) is 0 Å². The van der Waals surface area contributed by atoms with E-state index in [0.29, 0.717) is 0 Å². The molecule has 0 bridgehead atoms. The van der Waals surface area contributed by atoms with E-state index in [4.69, 9.17) is 4.42 Å². The number of nitrogens with zero attached hydrogens (tertiary/aromatic N) is 2. The normalized spacial score (nSPS) is 16.2. The second-order valence-corrected chi connectivity index (χ2v) is 5.57.